The number of hydrogen-bond acceptors (Lipinski definition) is 1. The van der Waals surface area contributed by atoms with Gasteiger partial charge < -0.3 is 0 Å². The highest BCUT2D eigenvalue weighted by Gasteiger charge is 2.45. The van der Waals surface area contributed by atoms with Crippen LogP contribution in [-0.4, -0.2) is 23.5 Å². The Morgan fingerprint density at radius 1 is 1.00 bits per heavy atom. The molecular weight excluding hydrogens is 182 g/mol. The zero-order valence-corrected chi connectivity index (χ0v) is 10.5. The number of rotatable bonds is 2. The van der Waals surface area contributed by atoms with E-state index in [0.717, 1.165) is 18.0 Å². The molecule has 3 atom stereocenters. The Bertz CT molecular complexity index is 172. The molecule has 0 bridgehead atoms. The van der Waals surface area contributed by atoms with Crippen LogP contribution >= 0.6 is 0 Å². The summed E-state index contributed by atoms with van der Waals surface area (Å²) in [6.07, 6.45) is 11.8. The van der Waals surface area contributed by atoms with Crippen molar-refractivity contribution in [3.8, 4) is 0 Å². The van der Waals surface area contributed by atoms with Gasteiger partial charge in [0.1, 0.15) is 0 Å². The summed E-state index contributed by atoms with van der Waals surface area (Å²) in [6.45, 7) is 6.12. The van der Waals surface area contributed by atoms with Gasteiger partial charge in [-0.25, -0.2) is 0 Å². The quantitative estimate of drug-likeness (QED) is 0.625. The molecule has 3 unspecified atom stereocenters. The van der Waals surface area contributed by atoms with Gasteiger partial charge in [-0.3, -0.25) is 4.90 Å². The summed E-state index contributed by atoms with van der Waals surface area (Å²) < 4.78 is 0. The minimum absolute atomic E-state index is 0.882. The summed E-state index contributed by atoms with van der Waals surface area (Å²) >= 11 is 0. The van der Waals surface area contributed by atoms with Gasteiger partial charge in [0.15, 0.2) is 0 Å². The van der Waals surface area contributed by atoms with Gasteiger partial charge in [-0.2, -0.15) is 0 Å². The third-order valence-corrected chi connectivity index (χ3v) is 4.09. The molecule has 2 aliphatic heterocycles. The van der Waals surface area contributed by atoms with Crippen LogP contribution in [-0.2, 0) is 0 Å². The Morgan fingerprint density at radius 2 is 1.67 bits per heavy atom. The van der Waals surface area contributed by atoms with Gasteiger partial charge in [-0.05, 0) is 31.7 Å². The largest absolute Gasteiger partial charge is 0.294 e. The van der Waals surface area contributed by atoms with Crippen LogP contribution in [0.3, 0.4) is 0 Å². The first-order valence-corrected chi connectivity index (χ1v) is 7.05. The molecule has 0 aliphatic carbocycles. The smallest absolute Gasteiger partial charge is 0.0257 e. The second kappa shape index (κ2) is 5.34. The first kappa shape index (κ1) is 11.4. The number of nitrogens with zero attached hydrogens (tertiary/aromatic N) is 1. The molecule has 0 amide bonds. The fraction of sp³-hybridized carbons (Fsp3) is 1.00. The van der Waals surface area contributed by atoms with E-state index in [1.165, 1.54) is 57.9 Å². The van der Waals surface area contributed by atoms with E-state index in [4.69, 9.17) is 0 Å². The summed E-state index contributed by atoms with van der Waals surface area (Å²) in [7, 11) is 0. The van der Waals surface area contributed by atoms with Gasteiger partial charge in [0, 0.05) is 12.1 Å². The van der Waals surface area contributed by atoms with Crippen molar-refractivity contribution in [2.45, 2.75) is 77.3 Å². The van der Waals surface area contributed by atoms with Crippen LogP contribution in [0.15, 0.2) is 0 Å². The van der Waals surface area contributed by atoms with E-state index >= 15 is 0 Å². The van der Waals surface area contributed by atoms with Gasteiger partial charge in [-0.15, -0.1) is 0 Å². The molecule has 1 heteroatoms. The highest BCUT2D eigenvalue weighted by Crippen LogP contribution is 2.37. The summed E-state index contributed by atoms with van der Waals surface area (Å²) in [5.74, 6) is 0.882. The Hall–Kier alpha value is -0.0400. The van der Waals surface area contributed by atoms with Crippen LogP contribution in [0.4, 0.5) is 0 Å². The van der Waals surface area contributed by atoms with E-state index < -0.39 is 0 Å². The van der Waals surface area contributed by atoms with Gasteiger partial charge in [-0.1, -0.05) is 46.0 Å². The lowest BCUT2D eigenvalue weighted by Gasteiger charge is -2.07. The zero-order valence-electron chi connectivity index (χ0n) is 10.5. The van der Waals surface area contributed by atoms with E-state index in [0.29, 0.717) is 0 Å². The predicted molar refractivity (Wildman–Crippen MR) is 66.1 cm³/mol. The van der Waals surface area contributed by atoms with Crippen molar-refractivity contribution in [2.75, 3.05) is 6.54 Å². The molecule has 2 aliphatic rings. The van der Waals surface area contributed by atoms with Gasteiger partial charge in [0.2, 0.25) is 0 Å². The topological polar surface area (TPSA) is 3.01 Å². The van der Waals surface area contributed by atoms with Crippen molar-refractivity contribution in [1.82, 2.24) is 4.90 Å². The summed E-state index contributed by atoms with van der Waals surface area (Å²) in [5.41, 5.74) is 0. The molecule has 0 radical (unpaired) electrons. The average Bonchev–Trinajstić information content (AvgIpc) is 2.85. The van der Waals surface area contributed by atoms with Gasteiger partial charge in [0.05, 0.1) is 0 Å². The van der Waals surface area contributed by atoms with Crippen molar-refractivity contribution < 1.29 is 0 Å². The zero-order chi connectivity index (χ0) is 10.7. The molecule has 2 heterocycles. The lowest BCUT2D eigenvalue weighted by atomic mass is 10.0. The second-order valence-corrected chi connectivity index (χ2v) is 5.91. The van der Waals surface area contributed by atoms with Crippen LogP contribution in [0, 0.1) is 5.92 Å². The van der Waals surface area contributed by atoms with Gasteiger partial charge >= 0.3 is 0 Å². The third kappa shape index (κ3) is 3.21. The molecule has 0 N–H and O–H groups in total. The average molecular weight is 209 g/mol. The fourth-order valence-electron chi connectivity index (χ4n) is 3.21. The molecule has 15 heavy (non-hydrogen) atoms. The highest BCUT2D eigenvalue weighted by atomic mass is 15.3. The van der Waals surface area contributed by atoms with E-state index in [9.17, 15) is 0 Å². The van der Waals surface area contributed by atoms with Crippen molar-refractivity contribution in [1.29, 1.82) is 0 Å². The Kier molecular flexibility index (Phi) is 4.07. The Labute approximate surface area is 95.2 Å². The van der Waals surface area contributed by atoms with E-state index in [1.54, 1.807) is 0 Å². The molecule has 2 fully saturated rings. The molecule has 0 saturated carbocycles. The molecule has 88 valence electrons. The number of fused-ring (bicyclic) bond motifs is 1. The summed E-state index contributed by atoms with van der Waals surface area (Å²) in [6, 6.07) is 1.94. The predicted octanol–water partition coefficient (Wildman–Crippen LogP) is 3.83. The molecule has 1 nitrogen and oxygen atoms in total. The lowest BCUT2D eigenvalue weighted by molar-refractivity contribution is 0.406. The standard InChI is InChI=1S/C14H27N/c1-12(2)11-14-13-9-7-5-3-4-6-8-10-15(13)14/h12-14H,3-11H2,1-2H3. The van der Waals surface area contributed by atoms with Gasteiger partial charge in [0.25, 0.3) is 0 Å². The third-order valence-electron chi connectivity index (χ3n) is 4.09. The molecule has 2 rings (SSSR count). The lowest BCUT2D eigenvalue weighted by Crippen LogP contribution is -2.07. The fourth-order valence-corrected chi connectivity index (χ4v) is 3.21. The van der Waals surface area contributed by atoms with Crippen molar-refractivity contribution in [2.24, 2.45) is 5.92 Å². The van der Waals surface area contributed by atoms with Crippen molar-refractivity contribution in [3.05, 3.63) is 0 Å². The van der Waals surface area contributed by atoms with Crippen molar-refractivity contribution in [3.63, 3.8) is 0 Å². The van der Waals surface area contributed by atoms with Crippen LogP contribution in [0.1, 0.15) is 65.2 Å². The second-order valence-electron chi connectivity index (χ2n) is 5.91. The first-order chi connectivity index (χ1) is 7.29. The molecule has 0 aromatic rings. The summed E-state index contributed by atoms with van der Waals surface area (Å²) in [5, 5.41) is 0. The monoisotopic (exact) mass is 209 g/mol. The highest BCUT2D eigenvalue weighted by molar-refractivity contribution is 5.01. The van der Waals surface area contributed by atoms with Crippen LogP contribution < -0.4 is 0 Å². The molecule has 0 aromatic heterocycles. The Balaban J connectivity index is 1.79. The van der Waals surface area contributed by atoms with E-state index in [1.807, 2.05) is 0 Å². The number of hydrogen-bond donors (Lipinski definition) is 0. The maximum absolute atomic E-state index is 2.78. The first-order valence-electron chi connectivity index (χ1n) is 7.05. The van der Waals surface area contributed by atoms with E-state index in [2.05, 4.69) is 18.7 Å². The summed E-state index contributed by atoms with van der Waals surface area (Å²) in [4.78, 5) is 2.78. The van der Waals surface area contributed by atoms with Crippen LogP contribution in [0.2, 0.25) is 0 Å². The van der Waals surface area contributed by atoms with E-state index in [-0.39, 0.29) is 0 Å². The van der Waals surface area contributed by atoms with Crippen LogP contribution in [0.5, 0.6) is 0 Å². The maximum atomic E-state index is 2.78. The van der Waals surface area contributed by atoms with Crippen LogP contribution in [0.25, 0.3) is 0 Å². The minimum Gasteiger partial charge on any atom is -0.294 e. The maximum Gasteiger partial charge on any atom is 0.0257 e. The molecule has 2 saturated heterocycles. The minimum atomic E-state index is 0.882. The molecular formula is C14H27N. The molecule has 0 spiro atoms. The normalized spacial score (nSPS) is 37.4. The Morgan fingerprint density at radius 3 is 2.40 bits per heavy atom. The molecule has 0 aromatic carbocycles. The SMILES string of the molecule is CC(C)CC1C2CCCCCCCCN21. The van der Waals surface area contributed by atoms with Crippen molar-refractivity contribution >= 4 is 0 Å².